The van der Waals surface area contributed by atoms with Gasteiger partial charge in [-0.15, -0.1) is 0 Å². The molecule has 0 radical (unpaired) electrons. The number of carbonyl (C=O) groups is 1. The molecule has 0 saturated carbocycles. The van der Waals surface area contributed by atoms with Crippen LogP contribution in [0.15, 0.2) is 23.1 Å². The first-order valence-corrected chi connectivity index (χ1v) is 9.63. The number of hydrogen-bond donors (Lipinski definition) is 1. The van der Waals surface area contributed by atoms with Crippen LogP contribution in [0.1, 0.15) is 20.8 Å². The van der Waals surface area contributed by atoms with Crippen molar-refractivity contribution < 1.29 is 22.7 Å². The van der Waals surface area contributed by atoms with Crippen LogP contribution < -0.4 is 10.2 Å². The van der Waals surface area contributed by atoms with Gasteiger partial charge < -0.3 is 14.4 Å². The number of amides is 1. The summed E-state index contributed by atoms with van der Waals surface area (Å²) in [5, 5.41) is 2.62. The second kappa shape index (κ2) is 6.98. The minimum Gasteiger partial charge on any atom is -0.444 e. The normalized spacial score (nSPS) is 15.9. The van der Waals surface area contributed by atoms with Gasteiger partial charge in [-0.1, -0.05) is 6.07 Å². The minimum absolute atomic E-state index is 0.0670. The molecule has 7 nitrogen and oxygen atoms in total. The molecule has 0 aliphatic carbocycles. The Labute approximate surface area is 142 Å². The smallest absolute Gasteiger partial charge is 0.412 e. The number of rotatable bonds is 3. The Hall–Kier alpha value is -1.80. The van der Waals surface area contributed by atoms with Gasteiger partial charge in [-0.3, -0.25) is 5.32 Å². The molecule has 8 heteroatoms. The Balaban J connectivity index is 2.42. The molecule has 2 rings (SSSR count). The van der Waals surface area contributed by atoms with Crippen LogP contribution in [0.2, 0.25) is 0 Å². The zero-order valence-corrected chi connectivity index (χ0v) is 15.3. The number of nitrogens with zero attached hydrogens (tertiary/aromatic N) is 1. The first-order chi connectivity index (χ1) is 11.1. The molecule has 0 spiro atoms. The molecule has 1 aromatic rings. The average molecular weight is 356 g/mol. The number of nitrogens with one attached hydrogen (secondary N) is 1. The van der Waals surface area contributed by atoms with E-state index in [4.69, 9.17) is 9.47 Å². The fourth-order valence-electron chi connectivity index (χ4n) is 2.43. The summed E-state index contributed by atoms with van der Waals surface area (Å²) < 4.78 is 34.8. The lowest BCUT2D eigenvalue weighted by Crippen LogP contribution is -2.37. The maximum atomic E-state index is 12.2. The van der Waals surface area contributed by atoms with E-state index in [2.05, 4.69) is 5.32 Å². The lowest BCUT2D eigenvalue weighted by molar-refractivity contribution is 0.0635. The number of ether oxygens (including phenoxy) is 2. The van der Waals surface area contributed by atoms with Crippen molar-refractivity contribution in [3.63, 3.8) is 0 Å². The van der Waals surface area contributed by atoms with Crippen molar-refractivity contribution in [2.75, 3.05) is 42.8 Å². The fourth-order valence-corrected chi connectivity index (χ4v) is 3.28. The molecule has 1 heterocycles. The predicted molar refractivity (Wildman–Crippen MR) is 92.4 cm³/mol. The third-order valence-corrected chi connectivity index (χ3v) is 4.52. The summed E-state index contributed by atoms with van der Waals surface area (Å²) in [7, 11) is -3.51. The van der Waals surface area contributed by atoms with Crippen LogP contribution in [0, 0.1) is 0 Å². The predicted octanol–water partition coefficient (Wildman–Crippen LogP) is 2.27. The molecule has 1 aliphatic rings. The average Bonchev–Trinajstić information content (AvgIpc) is 2.45. The standard InChI is InChI=1S/C16H24N2O5S/c1-16(2,3)23-15(19)17-14-12(18-8-10-22-11-9-18)6-5-7-13(14)24(4,20)21/h5-7H,8-11H2,1-4H3,(H,17,19). The molecule has 24 heavy (non-hydrogen) atoms. The summed E-state index contributed by atoms with van der Waals surface area (Å²) >= 11 is 0. The maximum absolute atomic E-state index is 12.2. The van der Waals surface area contributed by atoms with E-state index >= 15 is 0 Å². The molecule has 1 aromatic carbocycles. The second-order valence-electron chi connectivity index (χ2n) is 6.65. The van der Waals surface area contributed by atoms with Gasteiger partial charge in [0.15, 0.2) is 9.84 Å². The van der Waals surface area contributed by atoms with Crippen LogP contribution in [0.25, 0.3) is 0 Å². The Bertz CT molecular complexity index is 704. The van der Waals surface area contributed by atoms with Gasteiger partial charge in [0, 0.05) is 19.3 Å². The van der Waals surface area contributed by atoms with Crippen LogP contribution in [0.3, 0.4) is 0 Å². The van der Waals surface area contributed by atoms with Crippen molar-refractivity contribution in [2.24, 2.45) is 0 Å². The fraction of sp³-hybridized carbons (Fsp3) is 0.562. The summed E-state index contributed by atoms with van der Waals surface area (Å²) in [6, 6.07) is 4.93. The van der Waals surface area contributed by atoms with E-state index in [1.165, 1.54) is 6.07 Å². The molecule has 0 unspecified atom stereocenters. The Morgan fingerprint density at radius 2 is 1.88 bits per heavy atom. The molecule has 1 aliphatic heterocycles. The van der Waals surface area contributed by atoms with Gasteiger partial charge in [0.2, 0.25) is 0 Å². The van der Waals surface area contributed by atoms with Crippen molar-refractivity contribution in [1.29, 1.82) is 0 Å². The highest BCUT2D eigenvalue weighted by Gasteiger charge is 2.25. The van der Waals surface area contributed by atoms with E-state index in [-0.39, 0.29) is 10.6 Å². The number of anilines is 2. The third-order valence-electron chi connectivity index (χ3n) is 3.38. The van der Waals surface area contributed by atoms with Crippen LogP contribution in [-0.4, -0.2) is 52.7 Å². The Kier molecular flexibility index (Phi) is 5.39. The number of hydrogen-bond acceptors (Lipinski definition) is 6. The molecule has 0 atom stereocenters. The van der Waals surface area contributed by atoms with Gasteiger partial charge in [-0.25, -0.2) is 13.2 Å². The number of sulfone groups is 1. The molecule has 0 bridgehead atoms. The molecule has 1 saturated heterocycles. The summed E-state index contributed by atoms with van der Waals surface area (Å²) in [4.78, 5) is 14.2. The third kappa shape index (κ3) is 4.85. The van der Waals surface area contributed by atoms with Crippen LogP contribution in [-0.2, 0) is 19.3 Å². The summed E-state index contributed by atoms with van der Waals surface area (Å²) in [6.45, 7) is 7.59. The Morgan fingerprint density at radius 1 is 1.25 bits per heavy atom. The summed E-state index contributed by atoms with van der Waals surface area (Å²) in [5.74, 6) is 0. The summed E-state index contributed by atoms with van der Waals surface area (Å²) in [6.07, 6.45) is 0.430. The van der Waals surface area contributed by atoms with Crippen LogP contribution in [0.4, 0.5) is 16.2 Å². The molecule has 134 valence electrons. The SMILES string of the molecule is CC(C)(C)OC(=O)Nc1c(N2CCOCC2)cccc1S(C)(=O)=O. The molecule has 1 amide bonds. The van der Waals surface area contributed by atoms with Crippen molar-refractivity contribution in [3.8, 4) is 0 Å². The zero-order chi connectivity index (χ0) is 18.0. The van der Waals surface area contributed by atoms with Crippen LogP contribution in [0.5, 0.6) is 0 Å². The topological polar surface area (TPSA) is 84.9 Å². The number of benzene rings is 1. The van der Waals surface area contributed by atoms with E-state index in [1.54, 1.807) is 32.9 Å². The van der Waals surface area contributed by atoms with Crippen LogP contribution >= 0.6 is 0 Å². The molecular weight excluding hydrogens is 332 g/mol. The molecular formula is C16H24N2O5S. The summed E-state index contributed by atoms with van der Waals surface area (Å²) in [5.41, 5.74) is 0.215. The van der Waals surface area contributed by atoms with E-state index in [9.17, 15) is 13.2 Å². The largest absolute Gasteiger partial charge is 0.444 e. The molecule has 1 fully saturated rings. The quantitative estimate of drug-likeness (QED) is 0.894. The highest BCUT2D eigenvalue weighted by Crippen LogP contribution is 2.33. The van der Waals surface area contributed by atoms with E-state index in [0.29, 0.717) is 32.0 Å². The van der Waals surface area contributed by atoms with Gasteiger partial charge >= 0.3 is 6.09 Å². The van der Waals surface area contributed by atoms with E-state index < -0.39 is 21.5 Å². The molecule has 1 N–H and O–H groups in total. The van der Waals surface area contributed by atoms with Gasteiger partial charge in [-0.05, 0) is 32.9 Å². The highest BCUT2D eigenvalue weighted by molar-refractivity contribution is 7.90. The number of morpholine rings is 1. The van der Waals surface area contributed by atoms with Crippen molar-refractivity contribution in [2.45, 2.75) is 31.3 Å². The van der Waals surface area contributed by atoms with Gasteiger partial charge in [0.25, 0.3) is 0 Å². The first kappa shape index (κ1) is 18.5. The lowest BCUT2D eigenvalue weighted by atomic mass is 10.2. The van der Waals surface area contributed by atoms with Gasteiger partial charge in [0.05, 0.1) is 29.5 Å². The van der Waals surface area contributed by atoms with E-state index in [0.717, 1.165) is 6.26 Å². The minimum atomic E-state index is -3.51. The Morgan fingerprint density at radius 3 is 2.42 bits per heavy atom. The van der Waals surface area contributed by atoms with E-state index in [1.807, 2.05) is 4.90 Å². The zero-order valence-electron chi connectivity index (χ0n) is 14.5. The maximum Gasteiger partial charge on any atom is 0.412 e. The highest BCUT2D eigenvalue weighted by atomic mass is 32.2. The second-order valence-corrected chi connectivity index (χ2v) is 8.63. The van der Waals surface area contributed by atoms with Gasteiger partial charge in [0.1, 0.15) is 5.60 Å². The number of para-hydroxylation sites is 1. The van der Waals surface area contributed by atoms with Crippen molar-refractivity contribution >= 4 is 27.3 Å². The molecule has 0 aromatic heterocycles. The number of carbonyl (C=O) groups excluding carboxylic acids is 1. The monoisotopic (exact) mass is 356 g/mol. The van der Waals surface area contributed by atoms with Gasteiger partial charge in [-0.2, -0.15) is 0 Å². The van der Waals surface area contributed by atoms with Crippen molar-refractivity contribution in [3.05, 3.63) is 18.2 Å². The first-order valence-electron chi connectivity index (χ1n) is 7.74. The van der Waals surface area contributed by atoms with Crippen molar-refractivity contribution in [1.82, 2.24) is 0 Å². The lowest BCUT2D eigenvalue weighted by Gasteiger charge is -2.31.